The summed E-state index contributed by atoms with van der Waals surface area (Å²) in [6.45, 7) is 8.61. The van der Waals surface area contributed by atoms with E-state index in [1.54, 1.807) is 0 Å². The van der Waals surface area contributed by atoms with Crippen LogP contribution in [0, 0.1) is 0 Å². The summed E-state index contributed by atoms with van der Waals surface area (Å²) in [5.41, 5.74) is 1.11. The summed E-state index contributed by atoms with van der Waals surface area (Å²) >= 11 is 0. The van der Waals surface area contributed by atoms with E-state index in [9.17, 15) is 0 Å². The van der Waals surface area contributed by atoms with Crippen LogP contribution in [-0.4, -0.2) is 16.4 Å². The van der Waals surface area contributed by atoms with Gasteiger partial charge in [0.1, 0.15) is 0 Å². The van der Waals surface area contributed by atoms with Crippen LogP contribution in [0.25, 0.3) is 0 Å². The average Bonchev–Trinajstić information content (AvgIpc) is 1.80. The summed E-state index contributed by atoms with van der Waals surface area (Å²) in [6.07, 6.45) is 1.22. The monoisotopic (exact) mass is 142 g/mol. The van der Waals surface area contributed by atoms with E-state index in [0.29, 0.717) is 9.76 Å². The smallest absolute Gasteiger partial charge is 0.230 e. The van der Waals surface area contributed by atoms with Crippen molar-refractivity contribution in [3.63, 3.8) is 0 Å². The molecule has 0 fully saturated rings. The lowest BCUT2D eigenvalue weighted by atomic mass is 10.4. The molecule has 0 aliphatic rings. The normalized spacial score (nSPS) is 9.56. The second-order valence-corrected chi connectivity index (χ2v) is 3.22. The molecular formula is C7H14OSi. The first-order chi connectivity index (χ1) is 4.27. The summed E-state index contributed by atoms with van der Waals surface area (Å²) in [7, 11) is 0.664. The van der Waals surface area contributed by atoms with Gasteiger partial charge in [0.05, 0.1) is 6.61 Å². The fourth-order valence-electron chi connectivity index (χ4n) is 0.348. The second kappa shape index (κ2) is 6.04. The van der Waals surface area contributed by atoms with Crippen molar-refractivity contribution < 1.29 is 4.43 Å². The molecule has 1 nitrogen and oxygen atoms in total. The van der Waals surface area contributed by atoms with Crippen molar-refractivity contribution in [1.82, 2.24) is 0 Å². The Labute approximate surface area is 60.1 Å². The molecule has 0 saturated carbocycles. The Morgan fingerprint density at radius 3 is 2.78 bits per heavy atom. The molecule has 0 spiro atoms. The van der Waals surface area contributed by atoms with E-state index in [0.717, 1.165) is 12.2 Å². The molecule has 0 aromatic rings. The van der Waals surface area contributed by atoms with Crippen molar-refractivity contribution in [2.45, 2.75) is 26.3 Å². The van der Waals surface area contributed by atoms with Gasteiger partial charge in [-0.2, -0.15) is 0 Å². The molecule has 9 heavy (non-hydrogen) atoms. The molecule has 2 radical (unpaired) electrons. The highest BCUT2D eigenvalue weighted by Crippen LogP contribution is 1.90. The Kier molecular flexibility index (Phi) is 5.99. The zero-order valence-electron chi connectivity index (χ0n) is 6.24. The fraction of sp³-hybridized carbons (Fsp3) is 0.714. The largest absolute Gasteiger partial charge is 0.414 e. The SMILES string of the molecule is C=C(C)CO[Si]CCC. The van der Waals surface area contributed by atoms with E-state index in [1.165, 1.54) is 12.5 Å². The maximum atomic E-state index is 5.26. The van der Waals surface area contributed by atoms with Crippen molar-refractivity contribution >= 4 is 9.76 Å². The predicted octanol–water partition coefficient (Wildman–Crippen LogP) is 2.03. The molecule has 0 N–H and O–H groups in total. The molecule has 0 saturated heterocycles. The van der Waals surface area contributed by atoms with Crippen LogP contribution in [-0.2, 0) is 4.43 Å². The second-order valence-electron chi connectivity index (χ2n) is 2.14. The molecule has 52 valence electrons. The molecule has 0 bridgehead atoms. The Bertz CT molecular complexity index is 81.0. The minimum absolute atomic E-state index is 0.664. The summed E-state index contributed by atoms with van der Waals surface area (Å²) in [5, 5.41) is 0. The number of hydrogen-bond acceptors (Lipinski definition) is 1. The van der Waals surface area contributed by atoms with Crippen LogP contribution in [0.4, 0.5) is 0 Å². The molecule has 0 aromatic carbocycles. The van der Waals surface area contributed by atoms with Crippen LogP contribution in [0.15, 0.2) is 12.2 Å². The fourth-order valence-corrected chi connectivity index (χ4v) is 1.05. The summed E-state index contributed by atoms with van der Waals surface area (Å²) in [6, 6.07) is 1.19. The Morgan fingerprint density at radius 1 is 1.67 bits per heavy atom. The van der Waals surface area contributed by atoms with E-state index >= 15 is 0 Å². The van der Waals surface area contributed by atoms with Crippen LogP contribution < -0.4 is 0 Å². The lowest BCUT2D eigenvalue weighted by Crippen LogP contribution is -1.99. The lowest BCUT2D eigenvalue weighted by molar-refractivity contribution is 0.373. The van der Waals surface area contributed by atoms with Crippen molar-refractivity contribution in [2.24, 2.45) is 0 Å². The topological polar surface area (TPSA) is 9.23 Å². The minimum Gasteiger partial charge on any atom is -0.414 e. The lowest BCUT2D eigenvalue weighted by Gasteiger charge is -1.98. The van der Waals surface area contributed by atoms with Crippen LogP contribution in [0.1, 0.15) is 20.3 Å². The Morgan fingerprint density at radius 2 is 2.33 bits per heavy atom. The molecule has 0 unspecified atom stereocenters. The predicted molar refractivity (Wildman–Crippen MR) is 41.6 cm³/mol. The van der Waals surface area contributed by atoms with Gasteiger partial charge in [-0.1, -0.05) is 25.5 Å². The maximum Gasteiger partial charge on any atom is 0.230 e. The molecule has 2 heteroatoms. The highest BCUT2D eigenvalue weighted by molar-refractivity contribution is 6.27. The van der Waals surface area contributed by atoms with E-state index < -0.39 is 0 Å². The highest BCUT2D eigenvalue weighted by Gasteiger charge is 1.88. The molecule has 0 rings (SSSR count). The first-order valence-corrected chi connectivity index (χ1v) is 4.38. The third kappa shape index (κ3) is 7.92. The van der Waals surface area contributed by atoms with Crippen molar-refractivity contribution in [2.75, 3.05) is 6.61 Å². The quantitative estimate of drug-likeness (QED) is 0.324. The Balaban J connectivity index is 2.83. The van der Waals surface area contributed by atoms with E-state index in [-0.39, 0.29) is 0 Å². The number of rotatable bonds is 5. The zero-order chi connectivity index (χ0) is 7.11. The van der Waals surface area contributed by atoms with Crippen molar-refractivity contribution in [3.05, 3.63) is 12.2 Å². The summed E-state index contributed by atoms with van der Waals surface area (Å²) < 4.78 is 5.26. The van der Waals surface area contributed by atoms with Gasteiger partial charge in [0.2, 0.25) is 9.76 Å². The van der Waals surface area contributed by atoms with Gasteiger partial charge in [0, 0.05) is 0 Å². The van der Waals surface area contributed by atoms with E-state index in [1.807, 2.05) is 6.92 Å². The molecule has 0 atom stereocenters. The zero-order valence-corrected chi connectivity index (χ0v) is 7.24. The number of hydrogen-bond donors (Lipinski definition) is 0. The molecule has 0 aliphatic carbocycles. The van der Waals surface area contributed by atoms with Crippen LogP contribution in [0.2, 0.25) is 6.04 Å². The van der Waals surface area contributed by atoms with E-state index in [2.05, 4.69) is 13.5 Å². The average molecular weight is 142 g/mol. The standard InChI is InChI=1S/C7H14OSi/c1-4-5-9-8-6-7(2)3/h2,4-6H2,1,3H3. The van der Waals surface area contributed by atoms with Crippen molar-refractivity contribution in [3.8, 4) is 0 Å². The molecule has 0 amide bonds. The van der Waals surface area contributed by atoms with Gasteiger partial charge in [-0.05, 0) is 13.0 Å². The van der Waals surface area contributed by atoms with Gasteiger partial charge < -0.3 is 4.43 Å². The maximum absolute atomic E-state index is 5.26. The highest BCUT2D eigenvalue weighted by atomic mass is 28.2. The van der Waals surface area contributed by atoms with Gasteiger partial charge in [-0.15, -0.1) is 0 Å². The molecular weight excluding hydrogens is 128 g/mol. The first kappa shape index (κ1) is 8.92. The molecule has 0 heterocycles. The van der Waals surface area contributed by atoms with Gasteiger partial charge in [0.25, 0.3) is 0 Å². The van der Waals surface area contributed by atoms with E-state index in [4.69, 9.17) is 4.43 Å². The molecule has 0 aliphatic heterocycles. The van der Waals surface area contributed by atoms with Crippen LogP contribution in [0.3, 0.4) is 0 Å². The van der Waals surface area contributed by atoms with Gasteiger partial charge >= 0.3 is 0 Å². The summed E-state index contributed by atoms with van der Waals surface area (Å²) in [4.78, 5) is 0. The third-order valence-corrected chi connectivity index (χ3v) is 1.83. The molecule has 0 aromatic heterocycles. The van der Waals surface area contributed by atoms with Crippen LogP contribution >= 0.6 is 0 Å². The summed E-state index contributed by atoms with van der Waals surface area (Å²) in [5.74, 6) is 0. The van der Waals surface area contributed by atoms with Crippen LogP contribution in [0.5, 0.6) is 0 Å². The van der Waals surface area contributed by atoms with Gasteiger partial charge in [0.15, 0.2) is 0 Å². The van der Waals surface area contributed by atoms with Gasteiger partial charge in [-0.3, -0.25) is 0 Å². The third-order valence-electron chi connectivity index (χ3n) is 0.773. The van der Waals surface area contributed by atoms with Crippen molar-refractivity contribution in [1.29, 1.82) is 0 Å². The minimum atomic E-state index is 0.664. The van der Waals surface area contributed by atoms with Gasteiger partial charge in [-0.25, -0.2) is 0 Å². The first-order valence-electron chi connectivity index (χ1n) is 3.26. The Hall–Kier alpha value is -0.0831.